The van der Waals surface area contributed by atoms with E-state index in [2.05, 4.69) is 10.3 Å². The highest BCUT2D eigenvalue weighted by Gasteiger charge is 2.31. The summed E-state index contributed by atoms with van der Waals surface area (Å²) in [5.74, 6) is 0. The Labute approximate surface area is 114 Å². The minimum atomic E-state index is -3.44. The molecule has 0 bridgehead atoms. The van der Waals surface area contributed by atoms with Crippen LogP contribution < -0.4 is 5.32 Å². The van der Waals surface area contributed by atoms with Crippen molar-refractivity contribution in [1.29, 1.82) is 0 Å². The van der Waals surface area contributed by atoms with Crippen LogP contribution in [0.3, 0.4) is 0 Å². The highest BCUT2D eigenvalue weighted by Crippen LogP contribution is 2.19. The van der Waals surface area contributed by atoms with Gasteiger partial charge in [-0.3, -0.25) is 0 Å². The number of hydrogen-bond acceptors (Lipinski definition) is 4. The molecule has 0 aromatic carbocycles. The zero-order valence-electron chi connectivity index (χ0n) is 11.5. The lowest BCUT2D eigenvalue weighted by atomic mass is 10.1. The highest BCUT2D eigenvalue weighted by molar-refractivity contribution is 7.89. The second-order valence-corrected chi connectivity index (χ2v) is 6.69. The molecule has 0 saturated carbocycles. The Morgan fingerprint density at radius 1 is 1.47 bits per heavy atom. The number of rotatable bonds is 5. The van der Waals surface area contributed by atoms with E-state index in [1.54, 1.807) is 21.4 Å². The maximum atomic E-state index is 12.5. The van der Waals surface area contributed by atoms with Crippen LogP contribution in [0.2, 0.25) is 0 Å². The topological polar surface area (TPSA) is 67.2 Å². The molecule has 2 heterocycles. The number of nitrogens with one attached hydrogen (secondary N) is 1. The van der Waals surface area contributed by atoms with E-state index in [0.717, 1.165) is 25.9 Å². The number of piperidine rings is 1. The van der Waals surface area contributed by atoms with Crippen LogP contribution in [0.15, 0.2) is 17.6 Å². The van der Waals surface area contributed by atoms with Crippen LogP contribution >= 0.6 is 0 Å². The Morgan fingerprint density at radius 2 is 2.26 bits per heavy atom. The third-order valence-electron chi connectivity index (χ3n) is 3.46. The van der Waals surface area contributed by atoms with Crippen molar-refractivity contribution < 1.29 is 8.42 Å². The van der Waals surface area contributed by atoms with Gasteiger partial charge in [-0.05, 0) is 26.3 Å². The summed E-state index contributed by atoms with van der Waals surface area (Å²) < 4.78 is 28.3. The van der Waals surface area contributed by atoms with Crippen molar-refractivity contribution in [2.24, 2.45) is 0 Å². The first kappa shape index (κ1) is 14.5. The first-order valence-corrected chi connectivity index (χ1v) is 8.27. The maximum Gasteiger partial charge on any atom is 0.262 e. The quantitative estimate of drug-likeness (QED) is 0.864. The second-order valence-electron chi connectivity index (χ2n) is 4.80. The zero-order valence-corrected chi connectivity index (χ0v) is 12.4. The fourth-order valence-corrected chi connectivity index (χ4v) is 3.85. The van der Waals surface area contributed by atoms with Crippen molar-refractivity contribution in [2.45, 2.75) is 44.3 Å². The van der Waals surface area contributed by atoms with Crippen LogP contribution in [0.25, 0.3) is 0 Å². The predicted octanol–water partition coefficient (Wildman–Crippen LogP) is 0.666. The molecule has 1 unspecified atom stereocenters. The van der Waals surface area contributed by atoms with E-state index < -0.39 is 10.0 Å². The van der Waals surface area contributed by atoms with Gasteiger partial charge >= 0.3 is 0 Å². The van der Waals surface area contributed by atoms with E-state index in [1.165, 1.54) is 0 Å². The molecule has 0 spiro atoms. The van der Waals surface area contributed by atoms with Gasteiger partial charge in [0.15, 0.2) is 5.03 Å². The number of hydrogen-bond donors (Lipinski definition) is 1. The average molecular weight is 286 g/mol. The molecule has 7 heteroatoms. The molecule has 1 aliphatic heterocycles. The minimum Gasteiger partial charge on any atom is -0.336 e. The van der Waals surface area contributed by atoms with Crippen LogP contribution in [0.5, 0.6) is 0 Å². The fraction of sp³-hybridized carbons (Fsp3) is 0.750. The first-order valence-electron chi connectivity index (χ1n) is 6.83. The van der Waals surface area contributed by atoms with E-state index in [0.29, 0.717) is 13.1 Å². The molecule has 6 nitrogen and oxygen atoms in total. The van der Waals surface area contributed by atoms with Crippen LogP contribution in [-0.2, 0) is 16.6 Å². The van der Waals surface area contributed by atoms with Gasteiger partial charge in [0.1, 0.15) is 0 Å². The molecule has 0 aliphatic carbocycles. The Morgan fingerprint density at radius 3 is 2.89 bits per heavy atom. The summed E-state index contributed by atoms with van der Waals surface area (Å²) in [5, 5.41) is 3.48. The van der Waals surface area contributed by atoms with E-state index in [1.807, 2.05) is 13.8 Å². The average Bonchev–Trinajstić information content (AvgIpc) is 2.89. The van der Waals surface area contributed by atoms with E-state index in [9.17, 15) is 8.42 Å². The fourth-order valence-electron chi connectivity index (χ4n) is 2.39. The molecular weight excluding hydrogens is 264 g/mol. The molecule has 2 rings (SSSR count). The first-order chi connectivity index (χ1) is 9.07. The lowest BCUT2D eigenvalue weighted by Crippen LogP contribution is -2.47. The number of imidazole rings is 1. The maximum absolute atomic E-state index is 12.5. The molecular formula is C12H22N4O2S. The summed E-state index contributed by atoms with van der Waals surface area (Å²) in [6.07, 6.45) is 5.10. The van der Waals surface area contributed by atoms with E-state index >= 15 is 0 Å². The van der Waals surface area contributed by atoms with Gasteiger partial charge in [-0.1, -0.05) is 6.92 Å². The van der Waals surface area contributed by atoms with Gasteiger partial charge in [-0.2, -0.15) is 4.31 Å². The lowest BCUT2D eigenvalue weighted by molar-refractivity contribution is 0.285. The number of aryl methyl sites for hydroxylation is 1. The summed E-state index contributed by atoms with van der Waals surface area (Å²) in [6.45, 7) is 6.71. The van der Waals surface area contributed by atoms with Crippen molar-refractivity contribution in [3.8, 4) is 0 Å². The monoisotopic (exact) mass is 286 g/mol. The molecule has 1 N–H and O–H groups in total. The largest absolute Gasteiger partial charge is 0.336 e. The Hall–Kier alpha value is -0.920. The summed E-state index contributed by atoms with van der Waals surface area (Å²) in [4.78, 5) is 4.02. The van der Waals surface area contributed by atoms with Crippen molar-refractivity contribution in [1.82, 2.24) is 19.2 Å². The van der Waals surface area contributed by atoms with Gasteiger partial charge in [-0.15, -0.1) is 0 Å². The third kappa shape index (κ3) is 3.16. The van der Waals surface area contributed by atoms with Crippen molar-refractivity contribution in [3.63, 3.8) is 0 Å². The molecule has 1 aromatic heterocycles. The third-order valence-corrected chi connectivity index (χ3v) is 5.21. The summed E-state index contributed by atoms with van der Waals surface area (Å²) >= 11 is 0. The molecule has 0 amide bonds. The van der Waals surface area contributed by atoms with Gasteiger partial charge in [0.05, 0.1) is 6.33 Å². The number of likely N-dealkylation sites (N-methyl/N-ethyl adjacent to an activating group) is 1. The molecule has 0 radical (unpaired) electrons. The number of nitrogens with zero attached hydrogens (tertiary/aromatic N) is 3. The molecule has 1 atom stereocenters. The molecule has 1 fully saturated rings. The number of sulfonamides is 1. The predicted molar refractivity (Wildman–Crippen MR) is 73.4 cm³/mol. The normalized spacial score (nSPS) is 21.7. The van der Waals surface area contributed by atoms with E-state index in [4.69, 9.17) is 0 Å². The van der Waals surface area contributed by atoms with Crippen molar-refractivity contribution in [3.05, 3.63) is 12.5 Å². The number of aromatic nitrogens is 2. The molecule has 19 heavy (non-hydrogen) atoms. The van der Waals surface area contributed by atoms with E-state index in [-0.39, 0.29) is 11.1 Å². The van der Waals surface area contributed by atoms with Gasteiger partial charge in [0.2, 0.25) is 0 Å². The smallest absolute Gasteiger partial charge is 0.262 e. The molecule has 1 aliphatic rings. The summed E-state index contributed by atoms with van der Waals surface area (Å²) in [6, 6.07) is 0.252. The van der Waals surface area contributed by atoms with Gasteiger partial charge in [0.25, 0.3) is 10.0 Å². The molecule has 108 valence electrons. The zero-order chi connectivity index (χ0) is 13.9. The van der Waals surface area contributed by atoms with Crippen LogP contribution in [0.4, 0.5) is 0 Å². The standard InChI is InChI=1S/C12H22N4O2S/c1-3-13-11-6-5-7-16(8-11)19(17,18)12-9-15(4-2)10-14-12/h9-11,13H,3-8H2,1-2H3. The Balaban J connectivity index is 2.14. The van der Waals surface area contributed by atoms with Gasteiger partial charge < -0.3 is 9.88 Å². The summed E-state index contributed by atoms with van der Waals surface area (Å²) in [5.41, 5.74) is 0. The van der Waals surface area contributed by atoms with Crippen LogP contribution in [-0.4, -0.2) is 48.0 Å². The second kappa shape index (κ2) is 6.02. The van der Waals surface area contributed by atoms with Gasteiger partial charge in [-0.25, -0.2) is 13.4 Å². The van der Waals surface area contributed by atoms with Crippen molar-refractivity contribution in [2.75, 3.05) is 19.6 Å². The SMILES string of the molecule is CCNC1CCCN(S(=O)(=O)c2cn(CC)cn2)C1. The Kier molecular flexibility index (Phi) is 4.59. The highest BCUT2D eigenvalue weighted by atomic mass is 32.2. The van der Waals surface area contributed by atoms with Gasteiger partial charge in [0, 0.05) is 31.9 Å². The lowest BCUT2D eigenvalue weighted by Gasteiger charge is -2.31. The molecule has 1 saturated heterocycles. The summed E-state index contributed by atoms with van der Waals surface area (Å²) in [7, 11) is -3.44. The van der Waals surface area contributed by atoms with Crippen LogP contribution in [0.1, 0.15) is 26.7 Å². The van der Waals surface area contributed by atoms with Crippen molar-refractivity contribution >= 4 is 10.0 Å². The van der Waals surface area contributed by atoms with Crippen LogP contribution in [0, 0.1) is 0 Å². The Bertz CT molecular complexity index is 510. The minimum absolute atomic E-state index is 0.159. The molecule has 1 aromatic rings.